The van der Waals surface area contributed by atoms with Crippen LogP contribution in [0.1, 0.15) is 43.9 Å². The smallest absolute Gasteiger partial charge is 0.321 e. The number of urea groups is 1. The third kappa shape index (κ3) is 5.61. The van der Waals surface area contributed by atoms with Gasteiger partial charge in [0.05, 0.1) is 6.20 Å². The van der Waals surface area contributed by atoms with Crippen LogP contribution in [0.25, 0.3) is 11.5 Å². The van der Waals surface area contributed by atoms with Crippen LogP contribution in [0.15, 0.2) is 59.1 Å². The second-order valence-electron chi connectivity index (χ2n) is 8.85. The lowest BCUT2D eigenvalue weighted by atomic mass is 9.96. The maximum atomic E-state index is 12.7. The maximum Gasteiger partial charge on any atom is 0.321 e. The van der Waals surface area contributed by atoms with Gasteiger partial charge in [0.15, 0.2) is 0 Å². The summed E-state index contributed by atoms with van der Waals surface area (Å²) < 4.78 is 5.78. The first-order valence-corrected chi connectivity index (χ1v) is 11.4. The number of piperidine rings is 1. The number of benzene rings is 2. The molecular weight excluding hydrogens is 416 g/mol. The van der Waals surface area contributed by atoms with Crippen molar-refractivity contribution >= 4 is 23.3 Å². The van der Waals surface area contributed by atoms with Gasteiger partial charge in [0.2, 0.25) is 11.8 Å². The van der Waals surface area contributed by atoms with Crippen LogP contribution in [0.3, 0.4) is 0 Å². The molecule has 4 rings (SSSR count). The predicted octanol–water partition coefficient (Wildman–Crippen LogP) is 5.66. The number of aryl methyl sites for hydroxylation is 1. The monoisotopic (exact) mass is 446 g/mol. The van der Waals surface area contributed by atoms with Crippen LogP contribution in [0.5, 0.6) is 0 Å². The van der Waals surface area contributed by atoms with Crippen molar-refractivity contribution in [3.63, 3.8) is 0 Å². The van der Waals surface area contributed by atoms with Gasteiger partial charge in [-0.1, -0.05) is 26.0 Å². The quantitative estimate of drug-likeness (QED) is 0.530. The Hall–Kier alpha value is -3.61. The molecule has 3 aromatic rings. The van der Waals surface area contributed by atoms with E-state index >= 15 is 0 Å². The molecule has 1 aliphatic rings. The van der Waals surface area contributed by atoms with E-state index < -0.39 is 0 Å². The van der Waals surface area contributed by atoms with E-state index in [2.05, 4.69) is 29.5 Å². The predicted molar refractivity (Wildman–Crippen MR) is 129 cm³/mol. The van der Waals surface area contributed by atoms with Crippen LogP contribution in [-0.2, 0) is 4.79 Å². The summed E-state index contributed by atoms with van der Waals surface area (Å²) in [5.74, 6) is 1.58. The van der Waals surface area contributed by atoms with Gasteiger partial charge in [0, 0.05) is 41.9 Å². The molecule has 0 aliphatic carbocycles. The molecule has 2 heterocycles. The van der Waals surface area contributed by atoms with Gasteiger partial charge in [-0.05, 0) is 61.7 Å². The summed E-state index contributed by atoms with van der Waals surface area (Å²) in [6.07, 6.45) is 3.03. The molecule has 2 aromatic carbocycles. The Kier molecular flexibility index (Phi) is 6.77. The molecule has 172 valence electrons. The molecule has 0 bridgehead atoms. The molecule has 1 aliphatic heterocycles. The highest BCUT2D eigenvalue weighted by molar-refractivity contribution is 5.93. The van der Waals surface area contributed by atoms with Gasteiger partial charge in [-0.3, -0.25) is 4.79 Å². The van der Waals surface area contributed by atoms with E-state index in [9.17, 15) is 9.59 Å². The van der Waals surface area contributed by atoms with Gasteiger partial charge in [0.25, 0.3) is 0 Å². The Labute approximate surface area is 194 Å². The zero-order valence-corrected chi connectivity index (χ0v) is 19.3. The van der Waals surface area contributed by atoms with Crippen molar-refractivity contribution in [2.75, 3.05) is 23.7 Å². The number of rotatable bonds is 5. The largest absolute Gasteiger partial charge is 0.441 e. The van der Waals surface area contributed by atoms with E-state index in [1.165, 1.54) is 0 Å². The zero-order valence-electron chi connectivity index (χ0n) is 19.3. The number of carbonyl (C=O) groups is 2. The number of nitrogens with one attached hydrogen (secondary N) is 2. The number of hydrogen-bond acceptors (Lipinski definition) is 4. The number of carbonyl (C=O) groups excluding carboxylic acids is 2. The zero-order chi connectivity index (χ0) is 23.4. The van der Waals surface area contributed by atoms with Crippen molar-refractivity contribution < 1.29 is 14.0 Å². The van der Waals surface area contributed by atoms with Crippen LogP contribution >= 0.6 is 0 Å². The van der Waals surface area contributed by atoms with Crippen molar-refractivity contribution in [1.29, 1.82) is 0 Å². The summed E-state index contributed by atoms with van der Waals surface area (Å²) in [5.41, 5.74) is 3.48. The molecule has 2 N–H and O–H groups in total. The van der Waals surface area contributed by atoms with Crippen LogP contribution in [0.2, 0.25) is 0 Å². The first-order valence-electron chi connectivity index (χ1n) is 11.4. The number of nitrogens with zero attached hydrogens (tertiary/aromatic N) is 2. The number of oxazole rings is 1. The number of hydrogen-bond donors (Lipinski definition) is 2. The first-order chi connectivity index (χ1) is 15.9. The standard InChI is InChI=1S/C26H30N4O3/c1-17(2)23-16-27-25(33-23)20-7-9-21(10-8-20)28-24(31)19-11-13-30(14-12-19)26(32)29-22-6-4-5-18(3)15-22/h4-10,15-17,19H,11-14H2,1-3H3,(H,28,31)(H,29,32). The topological polar surface area (TPSA) is 87.5 Å². The van der Waals surface area contributed by atoms with E-state index in [0.717, 1.165) is 28.3 Å². The van der Waals surface area contributed by atoms with Crippen molar-refractivity contribution in [2.24, 2.45) is 5.92 Å². The highest BCUT2D eigenvalue weighted by Crippen LogP contribution is 2.25. The number of amides is 3. The molecule has 0 saturated carbocycles. The van der Waals surface area contributed by atoms with Crippen LogP contribution in [-0.4, -0.2) is 34.9 Å². The summed E-state index contributed by atoms with van der Waals surface area (Å²) in [7, 11) is 0. The van der Waals surface area contributed by atoms with Crippen molar-refractivity contribution in [1.82, 2.24) is 9.88 Å². The molecule has 0 radical (unpaired) electrons. The number of aromatic nitrogens is 1. The second kappa shape index (κ2) is 9.90. The Morgan fingerprint density at radius 3 is 2.39 bits per heavy atom. The van der Waals surface area contributed by atoms with Crippen molar-refractivity contribution in [3.05, 3.63) is 66.1 Å². The molecule has 0 spiro atoms. The molecule has 0 atom stereocenters. The van der Waals surface area contributed by atoms with Crippen LogP contribution in [0.4, 0.5) is 16.2 Å². The normalized spacial score (nSPS) is 14.4. The van der Waals surface area contributed by atoms with E-state index in [-0.39, 0.29) is 23.8 Å². The summed E-state index contributed by atoms with van der Waals surface area (Å²) in [6, 6.07) is 15.1. The van der Waals surface area contributed by atoms with Gasteiger partial charge < -0.3 is 20.0 Å². The molecule has 1 saturated heterocycles. The van der Waals surface area contributed by atoms with Gasteiger partial charge in [0.1, 0.15) is 5.76 Å². The summed E-state index contributed by atoms with van der Waals surface area (Å²) in [5, 5.41) is 5.93. The fraction of sp³-hybridized carbons (Fsp3) is 0.346. The van der Waals surface area contributed by atoms with Gasteiger partial charge in [-0.25, -0.2) is 9.78 Å². The molecule has 33 heavy (non-hydrogen) atoms. The molecule has 7 heteroatoms. The third-order valence-electron chi connectivity index (χ3n) is 5.91. The van der Waals surface area contributed by atoms with E-state index in [1.807, 2.05) is 55.5 Å². The minimum Gasteiger partial charge on any atom is -0.441 e. The number of likely N-dealkylation sites (tertiary alicyclic amines) is 1. The minimum atomic E-state index is -0.123. The number of anilines is 2. The molecule has 0 unspecified atom stereocenters. The lowest BCUT2D eigenvalue weighted by molar-refractivity contribution is -0.121. The van der Waals surface area contributed by atoms with Crippen LogP contribution in [0, 0.1) is 12.8 Å². The molecular formula is C26H30N4O3. The molecule has 7 nitrogen and oxygen atoms in total. The molecule has 1 aromatic heterocycles. The lowest BCUT2D eigenvalue weighted by Gasteiger charge is -2.31. The fourth-order valence-electron chi connectivity index (χ4n) is 3.90. The Morgan fingerprint density at radius 1 is 1.03 bits per heavy atom. The van der Waals surface area contributed by atoms with Crippen molar-refractivity contribution in [2.45, 2.75) is 39.5 Å². The lowest BCUT2D eigenvalue weighted by Crippen LogP contribution is -2.43. The first kappa shape index (κ1) is 22.6. The highest BCUT2D eigenvalue weighted by atomic mass is 16.4. The van der Waals surface area contributed by atoms with Gasteiger partial charge >= 0.3 is 6.03 Å². The van der Waals surface area contributed by atoms with Crippen LogP contribution < -0.4 is 10.6 Å². The van der Waals surface area contributed by atoms with Crippen molar-refractivity contribution in [3.8, 4) is 11.5 Å². The second-order valence-corrected chi connectivity index (χ2v) is 8.85. The Morgan fingerprint density at radius 2 is 1.76 bits per heavy atom. The summed E-state index contributed by atoms with van der Waals surface area (Å²) in [4.78, 5) is 31.4. The van der Waals surface area contributed by atoms with E-state index in [1.54, 1.807) is 11.1 Å². The fourth-order valence-corrected chi connectivity index (χ4v) is 3.90. The SMILES string of the molecule is Cc1cccc(NC(=O)N2CCC(C(=O)Nc3ccc(-c4ncc(C(C)C)o4)cc3)CC2)c1. The average molecular weight is 447 g/mol. The van der Waals surface area contributed by atoms with Gasteiger partial charge in [-0.15, -0.1) is 0 Å². The molecule has 1 fully saturated rings. The van der Waals surface area contributed by atoms with E-state index in [0.29, 0.717) is 31.8 Å². The van der Waals surface area contributed by atoms with E-state index in [4.69, 9.17) is 4.42 Å². The Balaban J connectivity index is 1.27. The Bertz CT molecular complexity index is 1110. The minimum absolute atomic E-state index is 0.0142. The highest BCUT2D eigenvalue weighted by Gasteiger charge is 2.27. The summed E-state index contributed by atoms with van der Waals surface area (Å²) in [6.45, 7) is 7.21. The summed E-state index contributed by atoms with van der Waals surface area (Å²) >= 11 is 0. The van der Waals surface area contributed by atoms with Gasteiger partial charge in [-0.2, -0.15) is 0 Å². The molecule has 3 amide bonds. The average Bonchev–Trinajstić information content (AvgIpc) is 3.30. The maximum absolute atomic E-state index is 12.7. The third-order valence-corrected chi connectivity index (χ3v) is 5.91.